The Balaban J connectivity index is 1.04. The lowest BCUT2D eigenvalue weighted by Crippen LogP contribution is -2.09. The maximum absolute atomic E-state index is 6.54. The van der Waals surface area contributed by atoms with Crippen molar-refractivity contribution in [1.29, 1.82) is 0 Å². The van der Waals surface area contributed by atoms with Gasteiger partial charge in [-0.3, -0.25) is 0 Å². The quantitative estimate of drug-likeness (QED) is 0.166. The molecule has 0 aliphatic heterocycles. The molecule has 0 amide bonds. The molecule has 0 unspecified atom stereocenters. The van der Waals surface area contributed by atoms with Crippen LogP contribution in [0.2, 0.25) is 0 Å². The molecule has 0 radical (unpaired) electrons. The maximum Gasteiger partial charge on any atom is 0.164 e. The summed E-state index contributed by atoms with van der Waals surface area (Å²) in [4.78, 5) is 17.2. The lowest BCUT2D eigenvalue weighted by atomic mass is 9.98. The van der Waals surface area contributed by atoms with E-state index < -0.39 is 0 Å². The molecule has 0 atom stereocenters. The zero-order chi connectivity index (χ0) is 35.8. The van der Waals surface area contributed by atoms with Crippen molar-refractivity contribution in [2.45, 2.75) is 0 Å². The van der Waals surface area contributed by atoms with E-state index >= 15 is 0 Å². The molecule has 2 heterocycles. The molecule has 0 fully saturated rings. The van der Waals surface area contributed by atoms with Gasteiger partial charge in [-0.2, -0.15) is 0 Å². The number of fused-ring (bicyclic) bond motifs is 4. The Labute approximate surface area is 312 Å². The zero-order valence-electron chi connectivity index (χ0n) is 29.2. The third kappa shape index (κ3) is 5.74. The first-order chi connectivity index (χ1) is 26.7. The van der Waals surface area contributed by atoms with Crippen molar-refractivity contribution in [3.8, 4) is 45.3 Å². The first kappa shape index (κ1) is 31.4. The Morgan fingerprint density at radius 2 is 0.889 bits per heavy atom. The van der Waals surface area contributed by atoms with E-state index in [2.05, 4.69) is 126 Å². The summed E-state index contributed by atoms with van der Waals surface area (Å²) < 4.78 is 6.54. The van der Waals surface area contributed by atoms with E-state index in [4.69, 9.17) is 19.4 Å². The van der Waals surface area contributed by atoms with Crippen LogP contribution in [0.5, 0.6) is 0 Å². The molecule has 5 heteroatoms. The highest BCUT2D eigenvalue weighted by Gasteiger charge is 2.19. The smallest absolute Gasteiger partial charge is 0.164 e. The van der Waals surface area contributed by atoms with Crippen LogP contribution < -0.4 is 4.90 Å². The first-order valence-electron chi connectivity index (χ1n) is 18.0. The summed E-state index contributed by atoms with van der Waals surface area (Å²) in [5, 5.41) is 4.34. The molecule has 54 heavy (non-hydrogen) atoms. The predicted molar refractivity (Wildman–Crippen MR) is 221 cm³/mol. The maximum atomic E-state index is 6.54. The number of furan rings is 1. The molecule has 10 rings (SSSR count). The van der Waals surface area contributed by atoms with Gasteiger partial charge >= 0.3 is 0 Å². The van der Waals surface area contributed by atoms with E-state index in [1.807, 2.05) is 72.8 Å². The van der Waals surface area contributed by atoms with Crippen molar-refractivity contribution in [2.75, 3.05) is 4.90 Å². The third-order valence-electron chi connectivity index (χ3n) is 9.88. The fourth-order valence-electron chi connectivity index (χ4n) is 7.27. The Hall–Kier alpha value is -7.37. The summed E-state index contributed by atoms with van der Waals surface area (Å²) in [6, 6.07) is 67.0. The molecule has 0 N–H and O–H groups in total. The largest absolute Gasteiger partial charge is 0.456 e. The molecule has 0 aliphatic carbocycles. The van der Waals surface area contributed by atoms with Crippen molar-refractivity contribution in [1.82, 2.24) is 15.0 Å². The van der Waals surface area contributed by atoms with Crippen molar-refractivity contribution >= 4 is 49.8 Å². The molecular weight excluding hydrogens is 661 g/mol. The minimum absolute atomic E-state index is 0.604. The fraction of sp³-hybridized carbons (Fsp3) is 0. The summed E-state index contributed by atoms with van der Waals surface area (Å²) in [5.74, 6) is 1.86. The van der Waals surface area contributed by atoms with Crippen LogP contribution in [0.4, 0.5) is 17.1 Å². The molecule has 0 aliphatic rings. The zero-order valence-corrected chi connectivity index (χ0v) is 29.2. The van der Waals surface area contributed by atoms with E-state index in [-0.39, 0.29) is 0 Å². The van der Waals surface area contributed by atoms with E-state index in [0.29, 0.717) is 17.5 Å². The van der Waals surface area contributed by atoms with Crippen molar-refractivity contribution in [3.05, 3.63) is 194 Å². The van der Waals surface area contributed by atoms with Gasteiger partial charge in [0.05, 0.1) is 0 Å². The number of anilines is 3. The molecule has 5 nitrogen and oxygen atoms in total. The highest BCUT2D eigenvalue weighted by atomic mass is 16.3. The number of aromatic nitrogens is 3. The van der Waals surface area contributed by atoms with Gasteiger partial charge in [0.2, 0.25) is 0 Å². The van der Waals surface area contributed by atoms with Gasteiger partial charge in [-0.1, -0.05) is 133 Å². The van der Waals surface area contributed by atoms with Gasteiger partial charge in [0.25, 0.3) is 0 Å². The SMILES string of the molecule is c1ccc(-c2nc(-c3ccccc3)nc(-c3cccc4oc5cc(-c6ccc7cc(N(c8ccccc8)c8ccccc8)ccc7c6)ccc5c34)n2)cc1. The third-order valence-corrected chi connectivity index (χ3v) is 9.88. The number of hydrogen-bond acceptors (Lipinski definition) is 5. The minimum Gasteiger partial charge on any atom is -0.456 e. The average molecular weight is 693 g/mol. The lowest BCUT2D eigenvalue weighted by molar-refractivity contribution is 0.669. The van der Waals surface area contributed by atoms with Crippen molar-refractivity contribution < 1.29 is 4.42 Å². The van der Waals surface area contributed by atoms with Crippen LogP contribution in [0, 0.1) is 0 Å². The topological polar surface area (TPSA) is 55.1 Å². The summed E-state index contributed by atoms with van der Waals surface area (Å²) in [6.07, 6.45) is 0. The second kappa shape index (κ2) is 13.3. The number of rotatable bonds is 7. The van der Waals surface area contributed by atoms with Crippen LogP contribution in [0.25, 0.3) is 78.0 Å². The van der Waals surface area contributed by atoms with Crippen LogP contribution in [0.3, 0.4) is 0 Å². The molecule has 10 aromatic rings. The minimum atomic E-state index is 0.604. The Bertz CT molecular complexity index is 2830. The molecule has 0 saturated heterocycles. The monoisotopic (exact) mass is 692 g/mol. The van der Waals surface area contributed by atoms with Crippen LogP contribution in [0.15, 0.2) is 199 Å². The van der Waals surface area contributed by atoms with Gasteiger partial charge < -0.3 is 9.32 Å². The lowest BCUT2D eigenvalue weighted by Gasteiger charge is -2.25. The summed E-state index contributed by atoms with van der Waals surface area (Å²) >= 11 is 0. The second-order valence-corrected chi connectivity index (χ2v) is 13.3. The normalized spacial score (nSPS) is 11.3. The molecule has 2 aromatic heterocycles. The number of para-hydroxylation sites is 2. The molecule has 8 aromatic carbocycles. The highest BCUT2D eigenvalue weighted by molar-refractivity contribution is 6.12. The molecular formula is C49H32N4O. The van der Waals surface area contributed by atoms with Gasteiger partial charge in [-0.15, -0.1) is 0 Å². The van der Waals surface area contributed by atoms with Crippen molar-refractivity contribution in [2.24, 2.45) is 0 Å². The van der Waals surface area contributed by atoms with Gasteiger partial charge in [0.15, 0.2) is 17.5 Å². The number of benzene rings is 8. The summed E-state index contributed by atoms with van der Waals surface area (Å²) in [5.41, 5.74) is 9.92. The number of hydrogen-bond donors (Lipinski definition) is 0. The van der Waals surface area contributed by atoms with Crippen molar-refractivity contribution in [3.63, 3.8) is 0 Å². The molecule has 0 saturated carbocycles. The molecule has 0 bridgehead atoms. The van der Waals surface area contributed by atoms with Gasteiger partial charge in [0.1, 0.15) is 11.2 Å². The molecule has 0 spiro atoms. The van der Waals surface area contributed by atoms with E-state index in [1.165, 1.54) is 10.8 Å². The predicted octanol–water partition coefficient (Wildman–Crippen LogP) is 13.1. The van der Waals surface area contributed by atoms with E-state index in [1.54, 1.807) is 0 Å². The first-order valence-corrected chi connectivity index (χ1v) is 18.0. The Morgan fingerprint density at radius 1 is 0.352 bits per heavy atom. The fourth-order valence-corrected chi connectivity index (χ4v) is 7.27. The Morgan fingerprint density at radius 3 is 1.54 bits per heavy atom. The van der Waals surface area contributed by atoms with E-state index in [9.17, 15) is 0 Å². The average Bonchev–Trinajstić information content (AvgIpc) is 3.63. The highest BCUT2D eigenvalue weighted by Crippen LogP contribution is 2.40. The van der Waals surface area contributed by atoms with Crippen LogP contribution in [-0.2, 0) is 0 Å². The standard InChI is InChI=1S/C49H32N4O/c1-5-14-33(15-6-1)47-50-48(34-16-7-2-8-17-34)52-49(51-47)43-22-13-23-44-46(43)42-29-27-38(32-45(42)54-44)35-24-25-37-31-41(28-26-36(37)30-35)53(39-18-9-3-10-19-39)40-20-11-4-12-21-40/h1-32H. The molecule has 254 valence electrons. The van der Waals surface area contributed by atoms with Gasteiger partial charge in [-0.25, -0.2) is 15.0 Å². The summed E-state index contributed by atoms with van der Waals surface area (Å²) in [6.45, 7) is 0. The Kier molecular flexibility index (Phi) is 7.73. The second-order valence-electron chi connectivity index (χ2n) is 13.3. The van der Waals surface area contributed by atoms with Crippen LogP contribution in [0.1, 0.15) is 0 Å². The van der Waals surface area contributed by atoms with Gasteiger partial charge in [0, 0.05) is 44.5 Å². The summed E-state index contributed by atoms with van der Waals surface area (Å²) in [7, 11) is 0. The van der Waals surface area contributed by atoms with Gasteiger partial charge in [-0.05, 0) is 82.6 Å². The van der Waals surface area contributed by atoms with Crippen LogP contribution >= 0.6 is 0 Å². The van der Waals surface area contributed by atoms with Crippen LogP contribution in [-0.4, -0.2) is 15.0 Å². The number of nitrogens with zero attached hydrogens (tertiary/aromatic N) is 4. The van der Waals surface area contributed by atoms with E-state index in [0.717, 1.165) is 66.8 Å².